The number of carbonyl (C=O) groups excluding carboxylic acids is 2. The van der Waals surface area contributed by atoms with Gasteiger partial charge < -0.3 is 9.30 Å². The van der Waals surface area contributed by atoms with Crippen molar-refractivity contribution in [3.63, 3.8) is 0 Å². The highest BCUT2D eigenvalue weighted by atomic mass is 16.5. The number of aryl methyl sites for hydroxylation is 2. The van der Waals surface area contributed by atoms with E-state index in [0.717, 1.165) is 22.3 Å². The van der Waals surface area contributed by atoms with Crippen LogP contribution in [-0.2, 0) is 0 Å². The number of ketones is 1. The number of rotatable bonds is 5. The van der Waals surface area contributed by atoms with Gasteiger partial charge in [-0.2, -0.15) is 0 Å². The quantitative estimate of drug-likeness (QED) is 0.161. The van der Waals surface area contributed by atoms with Crippen molar-refractivity contribution in [1.82, 2.24) is 4.57 Å². The summed E-state index contributed by atoms with van der Waals surface area (Å²) in [4.78, 5) is 26.3. The van der Waals surface area contributed by atoms with Gasteiger partial charge in [-0.1, -0.05) is 54.6 Å². The van der Waals surface area contributed by atoms with Crippen LogP contribution in [0.2, 0.25) is 0 Å². The molecule has 0 radical (unpaired) electrons. The van der Waals surface area contributed by atoms with Crippen molar-refractivity contribution in [3.8, 4) is 11.4 Å². The van der Waals surface area contributed by atoms with E-state index in [1.807, 2.05) is 49.4 Å². The molecule has 4 nitrogen and oxygen atoms in total. The molecule has 172 valence electrons. The number of nitrogens with zero attached hydrogens (tertiary/aromatic N) is 1. The Morgan fingerprint density at radius 1 is 0.686 bits per heavy atom. The zero-order chi connectivity index (χ0) is 24.5. The summed E-state index contributed by atoms with van der Waals surface area (Å²) in [6.45, 7) is 6.12. The molecule has 0 aliphatic heterocycles. The van der Waals surface area contributed by atoms with Gasteiger partial charge in [0.15, 0.2) is 5.78 Å². The number of benzene rings is 4. The average molecular weight is 460 g/mol. The van der Waals surface area contributed by atoms with E-state index in [9.17, 15) is 9.59 Å². The monoisotopic (exact) mass is 459 g/mol. The predicted molar refractivity (Wildman–Crippen MR) is 139 cm³/mol. The lowest BCUT2D eigenvalue weighted by atomic mass is 10.0. The first-order valence-corrected chi connectivity index (χ1v) is 11.5. The molecule has 4 heteroatoms. The van der Waals surface area contributed by atoms with Crippen LogP contribution in [0, 0.1) is 20.8 Å². The van der Waals surface area contributed by atoms with Crippen molar-refractivity contribution < 1.29 is 14.3 Å². The van der Waals surface area contributed by atoms with E-state index in [4.69, 9.17) is 4.74 Å². The molecular weight excluding hydrogens is 434 g/mol. The molecular formula is C31H25NO3. The number of fused-ring (bicyclic) bond motifs is 1. The summed E-state index contributed by atoms with van der Waals surface area (Å²) < 4.78 is 7.78. The summed E-state index contributed by atoms with van der Waals surface area (Å²) in [5.41, 5.74) is 6.76. The molecule has 0 atom stereocenters. The number of esters is 1. The fourth-order valence-electron chi connectivity index (χ4n) is 4.42. The molecule has 0 bridgehead atoms. The first kappa shape index (κ1) is 22.4. The molecule has 0 fully saturated rings. The molecule has 0 spiro atoms. The Hall–Kier alpha value is -4.44. The summed E-state index contributed by atoms with van der Waals surface area (Å²) in [5.74, 6) is -0.112. The van der Waals surface area contributed by atoms with Crippen molar-refractivity contribution in [2.45, 2.75) is 20.8 Å². The SMILES string of the molecule is Cc1ccc(-n2c(C)c(C(=O)c3ccccc3)c3cc(OC(=O)c4ccccc4)ccc32)cc1C. The number of ether oxygens (including phenoxy) is 1. The normalized spacial score (nSPS) is 10.9. The van der Waals surface area contributed by atoms with E-state index < -0.39 is 5.97 Å². The van der Waals surface area contributed by atoms with Gasteiger partial charge in [0.1, 0.15) is 5.75 Å². The minimum Gasteiger partial charge on any atom is -0.423 e. The van der Waals surface area contributed by atoms with Gasteiger partial charge in [-0.25, -0.2) is 4.79 Å². The molecule has 4 aromatic carbocycles. The molecule has 5 rings (SSSR count). The standard InChI is InChI=1S/C31H25NO3/c1-20-14-15-25(18-21(20)2)32-22(3)29(30(33)23-10-6-4-7-11-23)27-19-26(16-17-28(27)32)35-31(34)24-12-8-5-9-13-24/h4-19H,1-3H3. The van der Waals surface area contributed by atoms with Crippen LogP contribution in [-0.4, -0.2) is 16.3 Å². The Kier molecular flexibility index (Phi) is 5.79. The molecule has 0 aliphatic rings. The van der Waals surface area contributed by atoms with Gasteiger partial charge in [-0.15, -0.1) is 0 Å². The maximum absolute atomic E-state index is 13.7. The summed E-state index contributed by atoms with van der Waals surface area (Å²) in [6, 6.07) is 29.9. The maximum Gasteiger partial charge on any atom is 0.343 e. The number of hydrogen-bond acceptors (Lipinski definition) is 3. The largest absolute Gasteiger partial charge is 0.423 e. The van der Waals surface area contributed by atoms with E-state index in [-0.39, 0.29) is 5.78 Å². The Labute approximate surface area is 204 Å². The second-order valence-corrected chi connectivity index (χ2v) is 8.69. The van der Waals surface area contributed by atoms with Gasteiger partial charge >= 0.3 is 5.97 Å². The van der Waals surface area contributed by atoms with Crippen LogP contribution in [0.3, 0.4) is 0 Å². The minimum absolute atomic E-state index is 0.0674. The molecule has 0 unspecified atom stereocenters. The van der Waals surface area contributed by atoms with Crippen molar-refractivity contribution in [2.75, 3.05) is 0 Å². The second kappa shape index (κ2) is 9.07. The van der Waals surface area contributed by atoms with Crippen molar-refractivity contribution >= 4 is 22.7 Å². The first-order chi connectivity index (χ1) is 16.9. The highest BCUT2D eigenvalue weighted by Gasteiger charge is 2.23. The molecule has 35 heavy (non-hydrogen) atoms. The second-order valence-electron chi connectivity index (χ2n) is 8.69. The molecule has 0 saturated carbocycles. The molecule has 5 aromatic rings. The van der Waals surface area contributed by atoms with Gasteiger partial charge in [-0.05, 0) is 74.4 Å². The van der Waals surface area contributed by atoms with Gasteiger partial charge in [0.25, 0.3) is 0 Å². The Morgan fingerprint density at radius 3 is 2.00 bits per heavy atom. The smallest absolute Gasteiger partial charge is 0.343 e. The topological polar surface area (TPSA) is 48.3 Å². The molecule has 0 N–H and O–H groups in total. The Morgan fingerprint density at radius 2 is 1.34 bits per heavy atom. The van der Waals surface area contributed by atoms with E-state index >= 15 is 0 Å². The fourth-order valence-corrected chi connectivity index (χ4v) is 4.42. The van der Waals surface area contributed by atoms with Gasteiger partial charge in [0.2, 0.25) is 0 Å². The van der Waals surface area contributed by atoms with Crippen LogP contribution < -0.4 is 4.74 Å². The molecule has 1 aromatic heterocycles. The van der Waals surface area contributed by atoms with Crippen LogP contribution >= 0.6 is 0 Å². The van der Waals surface area contributed by atoms with Crippen molar-refractivity contribution in [1.29, 1.82) is 0 Å². The Balaban J connectivity index is 1.68. The lowest BCUT2D eigenvalue weighted by Crippen LogP contribution is -2.08. The average Bonchev–Trinajstić information content (AvgIpc) is 3.17. The number of carbonyl (C=O) groups is 2. The molecule has 0 amide bonds. The Bertz CT molecular complexity index is 1560. The third-order valence-electron chi connectivity index (χ3n) is 6.41. The highest BCUT2D eigenvalue weighted by molar-refractivity contribution is 6.18. The first-order valence-electron chi connectivity index (χ1n) is 11.5. The molecule has 0 aliphatic carbocycles. The van der Waals surface area contributed by atoms with Gasteiger partial charge in [0, 0.05) is 22.3 Å². The van der Waals surface area contributed by atoms with Gasteiger partial charge in [-0.3, -0.25) is 4.79 Å². The van der Waals surface area contributed by atoms with Crippen molar-refractivity contribution in [2.24, 2.45) is 0 Å². The summed E-state index contributed by atoms with van der Waals surface area (Å²) in [5, 5.41) is 0.743. The maximum atomic E-state index is 13.7. The summed E-state index contributed by atoms with van der Waals surface area (Å²) >= 11 is 0. The minimum atomic E-state index is -0.439. The summed E-state index contributed by atoms with van der Waals surface area (Å²) in [7, 11) is 0. The zero-order valence-electron chi connectivity index (χ0n) is 19.9. The lowest BCUT2D eigenvalue weighted by Gasteiger charge is -2.11. The van der Waals surface area contributed by atoms with Crippen molar-refractivity contribution in [3.05, 3.63) is 131 Å². The van der Waals surface area contributed by atoms with Crippen LogP contribution in [0.4, 0.5) is 0 Å². The van der Waals surface area contributed by atoms with Crippen LogP contribution in [0.5, 0.6) is 5.75 Å². The van der Waals surface area contributed by atoms with Crippen LogP contribution in [0.1, 0.15) is 43.1 Å². The zero-order valence-corrected chi connectivity index (χ0v) is 19.9. The fraction of sp³-hybridized carbons (Fsp3) is 0.0968. The van der Waals surface area contributed by atoms with E-state index in [1.165, 1.54) is 11.1 Å². The van der Waals surface area contributed by atoms with Gasteiger partial charge in [0.05, 0.1) is 16.6 Å². The van der Waals surface area contributed by atoms with E-state index in [0.29, 0.717) is 22.4 Å². The third kappa shape index (κ3) is 4.15. The highest BCUT2D eigenvalue weighted by Crippen LogP contribution is 2.34. The number of hydrogen-bond donors (Lipinski definition) is 0. The lowest BCUT2D eigenvalue weighted by molar-refractivity contribution is 0.0735. The van der Waals surface area contributed by atoms with Crippen LogP contribution in [0.15, 0.2) is 97.1 Å². The number of aromatic nitrogens is 1. The van der Waals surface area contributed by atoms with E-state index in [1.54, 1.807) is 36.4 Å². The van der Waals surface area contributed by atoms with Crippen LogP contribution in [0.25, 0.3) is 16.6 Å². The third-order valence-corrected chi connectivity index (χ3v) is 6.41. The summed E-state index contributed by atoms with van der Waals surface area (Å²) in [6.07, 6.45) is 0. The predicted octanol–water partition coefficient (Wildman–Crippen LogP) is 7.01. The van der Waals surface area contributed by atoms with E-state index in [2.05, 4.69) is 36.6 Å². The molecule has 0 saturated heterocycles. The molecule has 1 heterocycles.